The second-order valence-corrected chi connectivity index (χ2v) is 5.52. The fourth-order valence-corrected chi connectivity index (χ4v) is 2.29. The molecule has 0 radical (unpaired) electrons. The molecule has 5 heteroatoms. The molecule has 1 N–H and O–H groups in total. The molecule has 2 rings (SSSR count). The van der Waals surface area contributed by atoms with Crippen molar-refractivity contribution in [3.63, 3.8) is 0 Å². The maximum absolute atomic E-state index is 12.1. The number of rotatable bonds is 6. The number of benzene rings is 2. The first-order valence-corrected chi connectivity index (χ1v) is 7.80. The van der Waals surface area contributed by atoms with Crippen LogP contribution in [0.25, 0.3) is 0 Å². The van der Waals surface area contributed by atoms with Gasteiger partial charge in [0.2, 0.25) is 0 Å². The molecule has 0 bridgehead atoms. The maximum atomic E-state index is 12.1. The van der Waals surface area contributed by atoms with Crippen LogP contribution in [0.1, 0.15) is 18.1 Å². The first-order chi connectivity index (χ1) is 11.0. The van der Waals surface area contributed by atoms with Crippen molar-refractivity contribution in [2.24, 2.45) is 0 Å². The number of anilines is 1. The summed E-state index contributed by atoms with van der Waals surface area (Å²) in [6, 6.07) is 10.9. The molecular formula is C18H20ClNO3. The molecule has 0 saturated carbocycles. The predicted molar refractivity (Wildman–Crippen MR) is 92.7 cm³/mol. The zero-order chi connectivity index (χ0) is 16.8. The van der Waals surface area contributed by atoms with Crippen molar-refractivity contribution in [2.45, 2.75) is 20.8 Å². The van der Waals surface area contributed by atoms with E-state index in [0.29, 0.717) is 28.8 Å². The highest BCUT2D eigenvalue weighted by Gasteiger charge is 2.09. The van der Waals surface area contributed by atoms with E-state index in [-0.39, 0.29) is 12.5 Å². The number of nitrogens with one attached hydrogen (secondary N) is 1. The van der Waals surface area contributed by atoms with E-state index in [1.54, 1.807) is 6.07 Å². The van der Waals surface area contributed by atoms with Gasteiger partial charge in [0.1, 0.15) is 11.5 Å². The zero-order valence-electron chi connectivity index (χ0n) is 13.5. The van der Waals surface area contributed by atoms with E-state index in [4.69, 9.17) is 21.1 Å². The number of halogens is 1. The van der Waals surface area contributed by atoms with Crippen LogP contribution in [-0.4, -0.2) is 19.1 Å². The van der Waals surface area contributed by atoms with Gasteiger partial charge in [-0.15, -0.1) is 0 Å². The van der Waals surface area contributed by atoms with Gasteiger partial charge in [0.15, 0.2) is 6.61 Å². The Kier molecular flexibility index (Phi) is 5.88. The third-order valence-electron chi connectivity index (χ3n) is 3.24. The molecule has 1 amide bonds. The third-order valence-corrected chi connectivity index (χ3v) is 3.84. The highest BCUT2D eigenvalue weighted by atomic mass is 35.5. The van der Waals surface area contributed by atoms with Crippen molar-refractivity contribution in [1.29, 1.82) is 0 Å². The normalized spacial score (nSPS) is 10.3. The van der Waals surface area contributed by atoms with Crippen LogP contribution in [-0.2, 0) is 4.79 Å². The number of para-hydroxylation sites is 2. The molecule has 0 unspecified atom stereocenters. The van der Waals surface area contributed by atoms with Gasteiger partial charge in [-0.1, -0.05) is 23.7 Å². The van der Waals surface area contributed by atoms with E-state index in [0.717, 1.165) is 11.1 Å². The molecule has 0 fully saturated rings. The summed E-state index contributed by atoms with van der Waals surface area (Å²) in [7, 11) is 0. The van der Waals surface area contributed by atoms with Gasteiger partial charge in [0.25, 0.3) is 5.91 Å². The standard InChI is InChI=1S/C18H20ClNO3/c1-4-22-16-8-6-5-7-15(16)20-17(21)11-23-14-9-12(2)18(19)13(3)10-14/h5-10H,4,11H2,1-3H3,(H,20,21). The van der Waals surface area contributed by atoms with Crippen molar-refractivity contribution >= 4 is 23.2 Å². The monoisotopic (exact) mass is 333 g/mol. The minimum atomic E-state index is -0.248. The summed E-state index contributed by atoms with van der Waals surface area (Å²) < 4.78 is 11.0. The molecule has 0 atom stereocenters. The lowest BCUT2D eigenvalue weighted by Crippen LogP contribution is -2.20. The van der Waals surface area contributed by atoms with Gasteiger partial charge >= 0.3 is 0 Å². The molecule has 0 aliphatic heterocycles. The van der Waals surface area contributed by atoms with Crippen molar-refractivity contribution in [2.75, 3.05) is 18.5 Å². The summed E-state index contributed by atoms with van der Waals surface area (Å²) in [4.78, 5) is 12.1. The van der Waals surface area contributed by atoms with Gasteiger partial charge in [0.05, 0.1) is 12.3 Å². The summed E-state index contributed by atoms with van der Waals surface area (Å²) >= 11 is 6.12. The number of hydrogen-bond acceptors (Lipinski definition) is 3. The molecule has 0 aromatic heterocycles. The molecule has 122 valence electrons. The fourth-order valence-electron chi connectivity index (χ4n) is 2.18. The Morgan fingerprint density at radius 2 is 1.78 bits per heavy atom. The minimum absolute atomic E-state index is 0.0824. The summed E-state index contributed by atoms with van der Waals surface area (Å²) in [6.07, 6.45) is 0. The van der Waals surface area contributed by atoms with Crippen LogP contribution in [0.3, 0.4) is 0 Å². The molecule has 0 aliphatic carbocycles. The van der Waals surface area contributed by atoms with Crippen molar-refractivity contribution < 1.29 is 14.3 Å². The van der Waals surface area contributed by atoms with E-state index in [1.165, 1.54) is 0 Å². The van der Waals surface area contributed by atoms with Gasteiger partial charge in [0, 0.05) is 5.02 Å². The molecule has 23 heavy (non-hydrogen) atoms. The Hall–Kier alpha value is -2.20. The Labute approximate surface area is 141 Å². The van der Waals surface area contributed by atoms with Crippen LogP contribution in [0, 0.1) is 13.8 Å². The Morgan fingerprint density at radius 3 is 2.43 bits per heavy atom. The lowest BCUT2D eigenvalue weighted by Gasteiger charge is -2.12. The fraction of sp³-hybridized carbons (Fsp3) is 0.278. The highest BCUT2D eigenvalue weighted by Crippen LogP contribution is 2.26. The number of amides is 1. The SMILES string of the molecule is CCOc1ccccc1NC(=O)COc1cc(C)c(Cl)c(C)c1. The lowest BCUT2D eigenvalue weighted by atomic mass is 10.1. The number of ether oxygens (including phenoxy) is 2. The molecule has 0 heterocycles. The molecule has 0 saturated heterocycles. The van der Waals surface area contributed by atoms with E-state index in [9.17, 15) is 4.79 Å². The average Bonchev–Trinajstić information content (AvgIpc) is 2.52. The Balaban J connectivity index is 1.98. The lowest BCUT2D eigenvalue weighted by molar-refractivity contribution is -0.118. The number of carbonyl (C=O) groups is 1. The van der Waals surface area contributed by atoms with Gasteiger partial charge in [-0.3, -0.25) is 4.79 Å². The van der Waals surface area contributed by atoms with Crippen LogP contribution in [0.4, 0.5) is 5.69 Å². The Bertz CT molecular complexity index is 677. The third kappa shape index (κ3) is 4.63. The van der Waals surface area contributed by atoms with Gasteiger partial charge in [-0.25, -0.2) is 0 Å². The van der Waals surface area contributed by atoms with Crippen LogP contribution in [0.5, 0.6) is 11.5 Å². The quantitative estimate of drug-likeness (QED) is 0.853. The summed E-state index contributed by atoms with van der Waals surface area (Å²) in [6.45, 7) is 6.15. The molecule has 2 aromatic rings. The van der Waals surface area contributed by atoms with E-state index < -0.39 is 0 Å². The number of aryl methyl sites for hydroxylation is 2. The van der Waals surface area contributed by atoms with Crippen molar-refractivity contribution in [3.05, 3.63) is 52.5 Å². The van der Waals surface area contributed by atoms with Crippen LogP contribution < -0.4 is 14.8 Å². The predicted octanol–water partition coefficient (Wildman–Crippen LogP) is 4.37. The van der Waals surface area contributed by atoms with Crippen molar-refractivity contribution in [1.82, 2.24) is 0 Å². The largest absolute Gasteiger partial charge is 0.492 e. The summed E-state index contributed by atoms with van der Waals surface area (Å²) in [5.74, 6) is 1.02. The minimum Gasteiger partial charge on any atom is -0.492 e. The summed E-state index contributed by atoms with van der Waals surface area (Å²) in [5, 5.41) is 3.51. The van der Waals surface area contributed by atoms with Crippen LogP contribution >= 0.6 is 11.6 Å². The maximum Gasteiger partial charge on any atom is 0.262 e. The molecule has 4 nitrogen and oxygen atoms in total. The van der Waals surface area contributed by atoms with E-state index >= 15 is 0 Å². The van der Waals surface area contributed by atoms with Crippen LogP contribution in [0.2, 0.25) is 5.02 Å². The van der Waals surface area contributed by atoms with Crippen LogP contribution in [0.15, 0.2) is 36.4 Å². The van der Waals surface area contributed by atoms with E-state index in [2.05, 4.69) is 5.32 Å². The highest BCUT2D eigenvalue weighted by molar-refractivity contribution is 6.32. The Morgan fingerprint density at radius 1 is 1.13 bits per heavy atom. The van der Waals surface area contributed by atoms with Crippen molar-refractivity contribution in [3.8, 4) is 11.5 Å². The van der Waals surface area contributed by atoms with Gasteiger partial charge < -0.3 is 14.8 Å². The van der Waals surface area contributed by atoms with Gasteiger partial charge in [-0.05, 0) is 56.2 Å². The van der Waals surface area contributed by atoms with Gasteiger partial charge in [-0.2, -0.15) is 0 Å². The zero-order valence-corrected chi connectivity index (χ0v) is 14.2. The second-order valence-electron chi connectivity index (χ2n) is 5.14. The second kappa shape index (κ2) is 7.88. The first kappa shape index (κ1) is 17.2. The topological polar surface area (TPSA) is 47.6 Å². The van der Waals surface area contributed by atoms with E-state index in [1.807, 2.05) is 51.1 Å². The first-order valence-electron chi connectivity index (χ1n) is 7.42. The molecule has 2 aromatic carbocycles. The average molecular weight is 334 g/mol. The summed E-state index contributed by atoms with van der Waals surface area (Å²) in [5.41, 5.74) is 2.47. The molecular weight excluding hydrogens is 314 g/mol. The number of hydrogen-bond donors (Lipinski definition) is 1. The smallest absolute Gasteiger partial charge is 0.262 e. The molecule has 0 spiro atoms. The molecule has 0 aliphatic rings. The number of carbonyl (C=O) groups excluding carboxylic acids is 1.